The van der Waals surface area contributed by atoms with Crippen LogP contribution < -0.4 is 0 Å². The zero-order chi connectivity index (χ0) is 41.4. The first-order valence-electron chi connectivity index (χ1n) is 21.2. The number of nitrogens with zero attached hydrogens (tertiary/aromatic N) is 5. The van der Waals surface area contributed by atoms with Crippen molar-refractivity contribution in [1.82, 2.24) is 24.1 Å². The van der Waals surface area contributed by atoms with Crippen LogP contribution in [0, 0.1) is 0 Å². The second kappa shape index (κ2) is 14.0. The molecule has 0 saturated carbocycles. The van der Waals surface area contributed by atoms with E-state index in [1.807, 2.05) is 30.3 Å². The molecule has 0 aliphatic carbocycles. The van der Waals surface area contributed by atoms with Gasteiger partial charge in [-0.05, 0) is 77.9 Å². The molecule has 294 valence electrons. The number of hydrogen-bond donors (Lipinski definition) is 0. The fourth-order valence-electron chi connectivity index (χ4n) is 9.51. The maximum atomic E-state index is 6.33. The molecule has 0 amide bonds. The lowest BCUT2D eigenvalue weighted by molar-refractivity contribution is 0.669. The van der Waals surface area contributed by atoms with Crippen molar-refractivity contribution in [3.8, 4) is 56.7 Å². The van der Waals surface area contributed by atoms with E-state index in [0.29, 0.717) is 17.5 Å². The van der Waals surface area contributed by atoms with Crippen LogP contribution in [0.1, 0.15) is 0 Å². The first kappa shape index (κ1) is 35.2. The zero-order valence-corrected chi connectivity index (χ0v) is 33.9. The number of hydrogen-bond acceptors (Lipinski definition) is 4. The van der Waals surface area contributed by atoms with Crippen LogP contribution in [0.25, 0.3) is 122 Å². The van der Waals surface area contributed by atoms with Gasteiger partial charge < -0.3 is 13.6 Å². The average molecular weight is 806 g/mol. The maximum Gasteiger partial charge on any atom is 0.164 e. The standard InChI is InChI=1S/C57H35N5O/c1-3-14-36(15-4-1)37-26-28-38(29-27-37)55-58-56(60-57(59-55)40-30-31-44-43-20-9-12-25-51(43)63-52(44)35-40)39-16-13-19-42(34-39)62-48-24-11-8-22-46(48)54-50(62)33-32-49-53(54)45-21-7-10-23-47(45)61(49)41-17-5-2-6-18-41/h1-35H. The van der Waals surface area contributed by atoms with Gasteiger partial charge in [-0.15, -0.1) is 0 Å². The van der Waals surface area contributed by atoms with E-state index in [4.69, 9.17) is 19.4 Å². The molecular formula is C57H35N5O. The second-order valence-electron chi connectivity index (χ2n) is 16.0. The number of furan rings is 1. The highest BCUT2D eigenvalue weighted by Crippen LogP contribution is 2.43. The number of para-hydroxylation sites is 4. The van der Waals surface area contributed by atoms with Crippen molar-refractivity contribution in [1.29, 1.82) is 0 Å². The highest BCUT2D eigenvalue weighted by Gasteiger charge is 2.21. The van der Waals surface area contributed by atoms with Gasteiger partial charge in [-0.25, -0.2) is 15.0 Å². The third-order valence-electron chi connectivity index (χ3n) is 12.4. The van der Waals surface area contributed by atoms with E-state index in [2.05, 4.69) is 191 Å². The Morgan fingerprint density at radius 1 is 0.286 bits per heavy atom. The highest BCUT2D eigenvalue weighted by atomic mass is 16.3. The third kappa shape index (κ3) is 5.62. The minimum atomic E-state index is 0.573. The molecule has 6 heteroatoms. The Morgan fingerprint density at radius 2 is 0.746 bits per heavy atom. The molecule has 0 fully saturated rings. The van der Waals surface area contributed by atoms with Crippen molar-refractivity contribution < 1.29 is 4.42 Å². The lowest BCUT2D eigenvalue weighted by atomic mass is 10.0. The van der Waals surface area contributed by atoms with Crippen molar-refractivity contribution in [2.45, 2.75) is 0 Å². The number of rotatable bonds is 6. The highest BCUT2D eigenvalue weighted by molar-refractivity contribution is 6.29. The van der Waals surface area contributed by atoms with Crippen molar-refractivity contribution in [2.75, 3.05) is 0 Å². The summed E-state index contributed by atoms with van der Waals surface area (Å²) in [7, 11) is 0. The normalized spacial score (nSPS) is 11.8. The number of benzene rings is 9. The number of aromatic nitrogens is 5. The molecule has 0 radical (unpaired) electrons. The van der Waals surface area contributed by atoms with Crippen LogP contribution in [0.5, 0.6) is 0 Å². The lowest BCUT2D eigenvalue weighted by Gasteiger charge is -2.12. The van der Waals surface area contributed by atoms with Gasteiger partial charge in [0.05, 0.1) is 22.1 Å². The summed E-state index contributed by atoms with van der Waals surface area (Å²) in [5.74, 6) is 1.76. The van der Waals surface area contributed by atoms with Gasteiger partial charge in [0.25, 0.3) is 0 Å². The van der Waals surface area contributed by atoms with Gasteiger partial charge in [0.2, 0.25) is 0 Å². The molecule has 4 heterocycles. The molecule has 6 nitrogen and oxygen atoms in total. The topological polar surface area (TPSA) is 61.7 Å². The summed E-state index contributed by atoms with van der Waals surface area (Å²) in [4.78, 5) is 15.5. The lowest BCUT2D eigenvalue weighted by Crippen LogP contribution is -2.01. The molecule has 0 aliphatic heterocycles. The SMILES string of the molecule is c1ccc(-c2ccc(-c3nc(-c4cccc(-n5c6ccccc6c6c7c8ccccc8n(-c8ccccc8)c7ccc65)c4)nc(-c4ccc5c(c4)oc4ccccc45)n3)cc2)cc1. The molecule has 13 rings (SSSR count). The number of fused-ring (bicyclic) bond motifs is 10. The smallest absolute Gasteiger partial charge is 0.164 e. The van der Waals surface area contributed by atoms with E-state index in [1.54, 1.807) is 0 Å². The minimum Gasteiger partial charge on any atom is -0.456 e. The van der Waals surface area contributed by atoms with Crippen LogP contribution in [0.3, 0.4) is 0 Å². The molecule has 13 aromatic rings. The van der Waals surface area contributed by atoms with E-state index < -0.39 is 0 Å². The van der Waals surface area contributed by atoms with Gasteiger partial charge in [0, 0.05) is 60.4 Å². The molecule has 9 aromatic carbocycles. The molecule has 63 heavy (non-hydrogen) atoms. The quantitative estimate of drug-likeness (QED) is 0.168. The van der Waals surface area contributed by atoms with Gasteiger partial charge in [-0.1, -0.05) is 146 Å². The Bertz CT molecular complexity index is 3900. The summed E-state index contributed by atoms with van der Waals surface area (Å²) in [5, 5.41) is 7.03. The second-order valence-corrected chi connectivity index (χ2v) is 16.0. The molecule has 0 unspecified atom stereocenters. The predicted octanol–water partition coefficient (Wildman–Crippen LogP) is 14.6. The molecule has 4 aromatic heterocycles. The first-order chi connectivity index (χ1) is 31.2. The Hall–Kier alpha value is -8.61. The van der Waals surface area contributed by atoms with Crippen LogP contribution in [0.15, 0.2) is 217 Å². The Morgan fingerprint density at radius 3 is 1.43 bits per heavy atom. The van der Waals surface area contributed by atoms with Gasteiger partial charge in [0.1, 0.15) is 11.2 Å². The summed E-state index contributed by atoms with van der Waals surface area (Å²) in [6, 6.07) is 74.4. The Labute approximate surface area is 361 Å². The molecule has 0 atom stereocenters. The van der Waals surface area contributed by atoms with Gasteiger partial charge in [-0.3, -0.25) is 0 Å². The van der Waals surface area contributed by atoms with Crippen molar-refractivity contribution in [2.24, 2.45) is 0 Å². The molecule has 0 N–H and O–H groups in total. The predicted molar refractivity (Wildman–Crippen MR) is 258 cm³/mol. The van der Waals surface area contributed by atoms with Gasteiger partial charge in [-0.2, -0.15) is 0 Å². The summed E-state index contributed by atoms with van der Waals surface area (Å²) < 4.78 is 11.1. The zero-order valence-electron chi connectivity index (χ0n) is 33.9. The third-order valence-corrected chi connectivity index (χ3v) is 12.4. The van der Waals surface area contributed by atoms with Crippen molar-refractivity contribution >= 4 is 65.6 Å². The van der Waals surface area contributed by atoms with Crippen LogP contribution in [-0.2, 0) is 0 Å². The fraction of sp³-hybridized carbons (Fsp3) is 0. The van der Waals surface area contributed by atoms with Crippen LogP contribution in [0.2, 0.25) is 0 Å². The summed E-state index contributed by atoms with van der Waals surface area (Å²) in [6.45, 7) is 0. The summed E-state index contributed by atoms with van der Waals surface area (Å²) in [5.41, 5.74) is 13.3. The van der Waals surface area contributed by atoms with Gasteiger partial charge >= 0.3 is 0 Å². The van der Waals surface area contributed by atoms with Crippen molar-refractivity contribution in [3.05, 3.63) is 212 Å². The van der Waals surface area contributed by atoms with E-state index in [0.717, 1.165) is 72.2 Å². The molecule has 0 saturated heterocycles. The van der Waals surface area contributed by atoms with E-state index >= 15 is 0 Å². The van der Waals surface area contributed by atoms with Crippen molar-refractivity contribution in [3.63, 3.8) is 0 Å². The largest absolute Gasteiger partial charge is 0.456 e. The van der Waals surface area contributed by atoms with Gasteiger partial charge in [0.15, 0.2) is 17.5 Å². The fourth-order valence-corrected chi connectivity index (χ4v) is 9.51. The molecular weight excluding hydrogens is 771 g/mol. The summed E-state index contributed by atoms with van der Waals surface area (Å²) >= 11 is 0. The van der Waals surface area contributed by atoms with Crippen LogP contribution in [-0.4, -0.2) is 24.1 Å². The van der Waals surface area contributed by atoms with E-state index in [-0.39, 0.29) is 0 Å². The maximum absolute atomic E-state index is 6.33. The van der Waals surface area contributed by atoms with E-state index in [9.17, 15) is 0 Å². The minimum absolute atomic E-state index is 0.573. The van der Waals surface area contributed by atoms with E-state index in [1.165, 1.54) is 32.6 Å². The first-order valence-corrected chi connectivity index (χ1v) is 21.2. The summed E-state index contributed by atoms with van der Waals surface area (Å²) in [6.07, 6.45) is 0. The molecule has 0 bridgehead atoms. The Kier molecular flexibility index (Phi) is 7.80. The Balaban J connectivity index is 1.000. The molecule has 0 spiro atoms. The molecule has 0 aliphatic rings. The monoisotopic (exact) mass is 805 g/mol. The van der Waals surface area contributed by atoms with Crippen LogP contribution in [0.4, 0.5) is 0 Å². The van der Waals surface area contributed by atoms with Crippen LogP contribution >= 0.6 is 0 Å². The average Bonchev–Trinajstić information content (AvgIpc) is 4.02.